The van der Waals surface area contributed by atoms with Crippen molar-refractivity contribution in [3.8, 4) is 11.5 Å². The first-order valence-electron chi connectivity index (χ1n) is 14.5. The predicted molar refractivity (Wildman–Crippen MR) is 155 cm³/mol. The highest BCUT2D eigenvalue weighted by atomic mass is 19.4. The molecule has 1 saturated heterocycles. The Bertz CT molecular complexity index is 1440. The van der Waals surface area contributed by atoms with Crippen molar-refractivity contribution in [3.05, 3.63) is 95.6 Å². The zero-order chi connectivity index (χ0) is 30.8. The molecule has 0 bridgehead atoms. The number of piperidine rings is 1. The number of ketones is 1. The summed E-state index contributed by atoms with van der Waals surface area (Å²) in [4.78, 5) is 29.3. The van der Waals surface area contributed by atoms with Gasteiger partial charge in [0, 0.05) is 18.5 Å². The number of halogens is 3. The van der Waals surface area contributed by atoms with Crippen molar-refractivity contribution in [2.24, 2.45) is 5.41 Å². The van der Waals surface area contributed by atoms with Gasteiger partial charge in [-0.2, -0.15) is 0 Å². The number of likely N-dealkylation sites (tertiary alicyclic amines) is 1. The van der Waals surface area contributed by atoms with Crippen LogP contribution in [0.5, 0.6) is 11.5 Å². The molecular weight excluding hydrogens is 559 g/mol. The van der Waals surface area contributed by atoms with Gasteiger partial charge in [0.1, 0.15) is 29.5 Å². The quantitative estimate of drug-likeness (QED) is 0.287. The van der Waals surface area contributed by atoms with E-state index in [4.69, 9.17) is 9.47 Å². The largest absolute Gasteiger partial charge is 0.573 e. The summed E-state index contributed by atoms with van der Waals surface area (Å²) >= 11 is 0. The van der Waals surface area contributed by atoms with E-state index in [1.54, 1.807) is 25.7 Å². The number of carbonyl (C=O) groups excluding carboxylic acids is 2. The summed E-state index contributed by atoms with van der Waals surface area (Å²) < 4.78 is 55.7. The fourth-order valence-corrected chi connectivity index (χ4v) is 6.47. The molecule has 0 aromatic heterocycles. The topological polar surface area (TPSA) is 65.1 Å². The van der Waals surface area contributed by atoms with Crippen LogP contribution in [0.3, 0.4) is 0 Å². The van der Waals surface area contributed by atoms with Crippen LogP contribution in [0.1, 0.15) is 75.1 Å². The Labute approximate surface area is 249 Å². The van der Waals surface area contributed by atoms with Gasteiger partial charge in [-0.3, -0.25) is 4.79 Å². The van der Waals surface area contributed by atoms with Crippen LogP contribution in [0.15, 0.2) is 78.9 Å². The van der Waals surface area contributed by atoms with E-state index < -0.39 is 35.4 Å². The summed E-state index contributed by atoms with van der Waals surface area (Å²) in [6.45, 7) is 6.02. The Hall–Kier alpha value is -4.01. The molecule has 228 valence electrons. The molecule has 5 rings (SSSR count). The number of rotatable bonds is 6. The number of carbonyl (C=O) groups is 2. The zero-order valence-corrected chi connectivity index (χ0v) is 24.5. The third kappa shape index (κ3) is 6.98. The van der Waals surface area contributed by atoms with E-state index in [0.717, 1.165) is 11.1 Å². The maximum Gasteiger partial charge on any atom is 0.573 e. The van der Waals surface area contributed by atoms with Crippen LogP contribution in [0.2, 0.25) is 0 Å². The highest BCUT2D eigenvalue weighted by Gasteiger charge is 2.57. The van der Waals surface area contributed by atoms with Crippen LogP contribution in [-0.4, -0.2) is 35.3 Å². The lowest BCUT2D eigenvalue weighted by Gasteiger charge is -2.47. The van der Waals surface area contributed by atoms with E-state index in [1.807, 2.05) is 60.7 Å². The van der Waals surface area contributed by atoms with E-state index in [-0.39, 0.29) is 24.6 Å². The van der Waals surface area contributed by atoms with Crippen LogP contribution in [0.25, 0.3) is 0 Å². The number of hydrogen-bond donors (Lipinski definition) is 0. The van der Waals surface area contributed by atoms with Crippen molar-refractivity contribution in [2.45, 2.75) is 77.0 Å². The molecule has 1 spiro atoms. The van der Waals surface area contributed by atoms with E-state index in [0.29, 0.717) is 37.1 Å². The van der Waals surface area contributed by atoms with Crippen molar-refractivity contribution in [2.75, 3.05) is 6.54 Å². The number of Topliss-reactive ketones (excluding diaryl/α,β-unsaturated/α-hetero) is 1. The van der Waals surface area contributed by atoms with Gasteiger partial charge in [0.25, 0.3) is 0 Å². The minimum absolute atomic E-state index is 0.0317. The maximum atomic E-state index is 14.1. The molecule has 3 unspecified atom stereocenters. The molecule has 1 aliphatic heterocycles. The first-order chi connectivity index (χ1) is 20.3. The van der Waals surface area contributed by atoms with Crippen LogP contribution < -0.4 is 9.47 Å². The van der Waals surface area contributed by atoms with Gasteiger partial charge in [-0.05, 0) is 75.3 Å². The molecule has 3 aromatic rings. The molecule has 9 heteroatoms. The smallest absolute Gasteiger partial charge is 0.489 e. The van der Waals surface area contributed by atoms with E-state index >= 15 is 0 Å². The maximum absolute atomic E-state index is 14.1. The lowest BCUT2D eigenvalue weighted by atomic mass is 9.68. The van der Waals surface area contributed by atoms with Gasteiger partial charge < -0.3 is 19.1 Å². The van der Waals surface area contributed by atoms with Crippen molar-refractivity contribution in [3.63, 3.8) is 0 Å². The average Bonchev–Trinajstić information content (AvgIpc) is 3.26. The lowest BCUT2D eigenvalue weighted by Crippen LogP contribution is -2.51. The number of nitrogens with zero attached hydrogens (tertiary/aromatic N) is 1. The fourth-order valence-electron chi connectivity index (χ4n) is 6.47. The molecule has 6 nitrogen and oxygen atoms in total. The first kappa shape index (κ1) is 30.4. The molecule has 2 aliphatic rings. The number of alkyl halides is 3. The summed E-state index contributed by atoms with van der Waals surface area (Å²) in [5.74, 6) is -0.457. The molecule has 1 amide bonds. The van der Waals surface area contributed by atoms with Crippen molar-refractivity contribution in [1.29, 1.82) is 0 Å². The molecule has 1 saturated carbocycles. The minimum atomic E-state index is -4.87. The molecule has 3 aromatic carbocycles. The summed E-state index contributed by atoms with van der Waals surface area (Å²) in [5, 5.41) is 0. The van der Waals surface area contributed by atoms with Gasteiger partial charge in [-0.1, -0.05) is 60.7 Å². The third-order valence-corrected chi connectivity index (χ3v) is 8.09. The standard InChI is InChI=1S/C34H36F3NO5/c1-32(2,3)43-31(40)38-18-10-17-33(30(38)24-13-8-5-9-14-24)21-25(19-29(33)39)27-20-26(42-34(35,36)37)15-16-28(27)41-22-23-11-6-4-7-12-23/h4-9,11-16,20,25,30H,10,17-19,21-22H2,1-3H3. The second kappa shape index (κ2) is 11.9. The van der Waals surface area contributed by atoms with Crippen molar-refractivity contribution in [1.82, 2.24) is 4.90 Å². The van der Waals surface area contributed by atoms with Gasteiger partial charge >= 0.3 is 12.5 Å². The van der Waals surface area contributed by atoms with Crippen LogP contribution in [0, 0.1) is 5.41 Å². The number of benzene rings is 3. The monoisotopic (exact) mass is 595 g/mol. The average molecular weight is 596 g/mol. The van der Waals surface area contributed by atoms with Gasteiger partial charge in [-0.15, -0.1) is 13.2 Å². The molecule has 0 radical (unpaired) electrons. The minimum Gasteiger partial charge on any atom is -0.489 e. The Morgan fingerprint density at radius 2 is 1.65 bits per heavy atom. The Balaban J connectivity index is 1.52. The zero-order valence-electron chi connectivity index (χ0n) is 24.5. The van der Waals surface area contributed by atoms with Gasteiger partial charge in [0.05, 0.1) is 11.5 Å². The van der Waals surface area contributed by atoms with E-state index in [1.165, 1.54) is 18.2 Å². The number of amides is 1. The summed E-state index contributed by atoms with van der Waals surface area (Å²) in [6, 6.07) is 22.3. The Morgan fingerprint density at radius 1 is 0.977 bits per heavy atom. The highest BCUT2D eigenvalue weighted by Crippen LogP contribution is 2.58. The lowest BCUT2D eigenvalue weighted by molar-refractivity contribution is -0.274. The SMILES string of the molecule is CC(C)(C)OC(=O)N1CCCC2(CC(c3cc(OC(F)(F)F)ccc3OCc3ccccc3)CC2=O)C1c1ccccc1. The number of hydrogen-bond acceptors (Lipinski definition) is 5. The summed E-state index contributed by atoms with van der Waals surface area (Å²) in [5.41, 5.74) is 0.515. The highest BCUT2D eigenvalue weighted by molar-refractivity contribution is 5.90. The third-order valence-electron chi connectivity index (χ3n) is 8.09. The fraction of sp³-hybridized carbons (Fsp3) is 0.412. The molecule has 1 heterocycles. The van der Waals surface area contributed by atoms with Crippen LogP contribution in [0.4, 0.5) is 18.0 Å². The summed E-state index contributed by atoms with van der Waals surface area (Å²) in [7, 11) is 0. The van der Waals surface area contributed by atoms with Gasteiger partial charge in [0.2, 0.25) is 0 Å². The molecule has 0 N–H and O–H groups in total. The molecular formula is C34H36F3NO5. The normalized spacial score (nSPS) is 22.5. The second-order valence-corrected chi connectivity index (χ2v) is 12.3. The molecule has 1 aliphatic carbocycles. The molecule has 3 atom stereocenters. The second-order valence-electron chi connectivity index (χ2n) is 12.3. The predicted octanol–water partition coefficient (Wildman–Crippen LogP) is 8.37. The van der Waals surface area contributed by atoms with E-state index in [9.17, 15) is 22.8 Å². The van der Waals surface area contributed by atoms with E-state index in [2.05, 4.69) is 4.74 Å². The summed E-state index contributed by atoms with van der Waals surface area (Å²) in [6.07, 6.45) is -3.80. The van der Waals surface area contributed by atoms with Gasteiger partial charge in [-0.25, -0.2) is 4.79 Å². The van der Waals surface area contributed by atoms with Crippen LogP contribution in [-0.2, 0) is 16.1 Å². The first-order valence-corrected chi connectivity index (χ1v) is 14.5. The number of ether oxygens (including phenoxy) is 3. The van der Waals surface area contributed by atoms with Crippen molar-refractivity contribution < 1.29 is 37.0 Å². The van der Waals surface area contributed by atoms with Crippen LogP contribution >= 0.6 is 0 Å². The Kier molecular flexibility index (Phi) is 8.45. The van der Waals surface area contributed by atoms with Gasteiger partial charge in [0.15, 0.2) is 0 Å². The molecule has 43 heavy (non-hydrogen) atoms. The Morgan fingerprint density at radius 3 is 2.30 bits per heavy atom. The molecule has 2 fully saturated rings. The van der Waals surface area contributed by atoms with Crippen molar-refractivity contribution >= 4 is 11.9 Å².